The summed E-state index contributed by atoms with van der Waals surface area (Å²) in [6.45, 7) is 2.32. The van der Waals surface area contributed by atoms with Crippen LogP contribution in [0.3, 0.4) is 0 Å². The average Bonchev–Trinajstić information content (AvgIpc) is 2.71. The number of rotatable bonds is 4. The molecule has 0 radical (unpaired) electrons. The van der Waals surface area contributed by atoms with Gasteiger partial charge in [0.1, 0.15) is 0 Å². The number of hydrogen-bond acceptors (Lipinski definition) is 4. The molecule has 1 aliphatic carbocycles. The van der Waals surface area contributed by atoms with Gasteiger partial charge >= 0.3 is 0 Å². The summed E-state index contributed by atoms with van der Waals surface area (Å²) in [5.41, 5.74) is 3.96. The SMILES string of the molecule is CC1CCCC(C(NN)c2c(Cl)cnn2C)(N(C)C)C1. The van der Waals surface area contributed by atoms with Crippen LogP contribution in [0.15, 0.2) is 6.20 Å². The second-order valence-corrected chi connectivity index (χ2v) is 6.71. The molecular weight excluding hydrogens is 274 g/mol. The van der Waals surface area contributed by atoms with Crippen LogP contribution in [-0.2, 0) is 7.05 Å². The van der Waals surface area contributed by atoms with Gasteiger partial charge in [0, 0.05) is 12.6 Å². The minimum atomic E-state index is -0.0275. The molecule has 1 saturated carbocycles. The number of aromatic nitrogens is 2. The number of nitrogens with zero attached hydrogens (tertiary/aromatic N) is 3. The lowest BCUT2D eigenvalue weighted by molar-refractivity contribution is 0.0340. The van der Waals surface area contributed by atoms with E-state index in [9.17, 15) is 0 Å². The predicted molar refractivity (Wildman–Crippen MR) is 82.3 cm³/mol. The lowest BCUT2D eigenvalue weighted by Gasteiger charge is -2.49. The van der Waals surface area contributed by atoms with Crippen molar-refractivity contribution >= 4 is 11.6 Å². The summed E-state index contributed by atoms with van der Waals surface area (Å²) in [5, 5.41) is 4.94. The molecule has 0 bridgehead atoms. The van der Waals surface area contributed by atoms with Gasteiger partial charge in [-0.1, -0.05) is 31.4 Å². The number of hydrazine groups is 1. The smallest absolute Gasteiger partial charge is 0.0835 e. The molecule has 0 aliphatic heterocycles. The van der Waals surface area contributed by atoms with Gasteiger partial charge in [0.2, 0.25) is 0 Å². The second kappa shape index (κ2) is 6.02. The standard InChI is InChI=1S/C14H26ClN5/c1-10-6-5-7-14(8-10,19(2)3)13(18-16)12-11(15)9-17-20(12)4/h9-10,13,18H,5-8,16H2,1-4H3. The van der Waals surface area contributed by atoms with Crippen molar-refractivity contribution in [3.8, 4) is 0 Å². The van der Waals surface area contributed by atoms with Crippen LogP contribution < -0.4 is 11.3 Å². The maximum atomic E-state index is 6.34. The number of nitrogens with two attached hydrogens (primary N) is 1. The molecule has 2 rings (SSSR count). The van der Waals surface area contributed by atoms with Gasteiger partial charge in [-0.05, 0) is 32.9 Å². The summed E-state index contributed by atoms with van der Waals surface area (Å²) in [6.07, 6.45) is 6.41. The van der Waals surface area contributed by atoms with Crippen LogP contribution in [0.5, 0.6) is 0 Å². The van der Waals surface area contributed by atoms with Gasteiger partial charge in [0.15, 0.2) is 0 Å². The Balaban J connectivity index is 2.45. The zero-order valence-electron chi connectivity index (χ0n) is 12.9. The lowest BCUT2D eigenvalue weighted by Crippen LogP contribution is -2.57. The van der Waals surface area contributed by atoms with E-state index < -0.39 is 0 Å². The second-order valence-electron chi connectivity index (χ2n) is 6.30. The predicted octanol–water partition coefficient (Wildman–Crippen LogP) is 2.09. The minimum Gasteiger partial charge on any atom is -0.302 e. The molecule has 1 fully saturated rings. The third kappa shape index (κ3) is 2.60. The molecule has 3 unspecified atom stereocenters. The van der Waals surface area contributed by atoms with Crippen LogP contribution in [-0.4, -0.2) is 34.3 Å². The molecule has 1 heterocycles. The summed E-state index contributed by atoms with van der Waals surface area (Å²) in [5.74, 6) is 6.61. The first-order valence-corrected chi connectivity index (χ1v) is 7.61. The summed E-state index contributed by atoms with van der Waals surface area (Å²) in [6, 6.07) is -0.0275. The number of likely N-dealkylation sites (N-methyl/N-ethyl adjacent to an activating group) is 1. The van der Waals surface area contributed by atoms with Gasteiger partial charge in [0.25, 0.3) is 0 Å². The van der Waals surface area contributed by atoms with Gasteiger partial charge in [-0.2, -0.15) is 5.10 Å². The molecule has 6 heteroatoms. The normalized spacial score (nSPS) is 28.9. The zero-order valence-corrected chi connectivity index (χ0v) is 13.6. The highest BCUT2D eigenvalue weighted by molar-refractivity contribution is 6.31. The maximum Gasteiger partial charge on any atom is 0.0835 e. The largest absolute Gasteiger partial charge is 0.302 e. The van der Waals surface area contributed by atoms with E-state index in [-0.39, 0.29) is 11.6 Å². The van der Waals surface area contributed by atoms with E-state index in [4.69, 9.17) is 17.4 Å². The average molecular weight is 300 g/mol. The molecule has 1 aliphatic rings. The fourth-order valence-corrected chi connectivity index (χ4v) is 4.00. The third-order valence-electron chi connectivity index (χ3n) is 4.81. The highest BCUT2D eigenvalue weighted by atomic mass is 35.5. The highest BCUT2D eigenvalue weighted by Gasteiger charge is 2.45. The summed E-state index contributed by atoms with van der Waals surface area (Å²) >= 11 is 6.34. The van der Waals surface area contributed by atoms with Gasteiger partial charge in [-0.15, -0.1) is 0 Å². The molecule has 1 aromatic rings. The Morgan fingerprint density at radius 3 is 2.75 bits per heavy atom. The third-order valence-corrected chi connectivity index (χ3v) is 5.11. The first kappa shape index (κ1) is 15.8. The van der Waals surface area contributed by atoms with Gasteiger partial charge < -0.3 is 4.90 Å². The first-order chi connectivity index (χ1) is 9.42. The number of hydrogen-bond donors (Lipinski definition) is 2. The maximum absolute atomic E-state index is 6.34. The lowest BCUT2D eigenvalue weighted by atomic mass is 9.70. The quantitative estimate of drug-likeness (QED) is 0.660. The van der Waals surface area contributed by atoms with Gasteiger partial charge in [-0.25, -0.2) is 5.43 Å². The number of nitrogens with one attached hydrogen (secondary N) is 1. The Labute approximate surface area is 126 Å². The van der Waals surface area contributed by atoms with Crippen LogP contribution in [0.4, 0.5) is 0 Å². The van der Waals surface area contributed by atoms with Gasteiger partial charge in [-0.3, -0.25) is 10.5 Å². The monoisotopic (exact) mass is 299 g/mol. The fourth-order valence-electron chi connectivity index (χ4n) is 3.72. The van der Waals surface area contributed by atoms with E-state index in [1.165, 1.54) is 12.8 Å². The molecule has 20 heavy (non-hydrogen) atoms. The van der Waals surface area contributed by atoms with E-state index >= 15 is 0 Å². The van der Waals surface area contributed by atoms with Crippen molar-refractivity contribution in [2.75, 3.05) is 14.1 Å². The molecule has 0 spiro atoms. The van der Waals surface area contributed by atoms with E-state index in [2.05, 4.69) is 36.4 Å². The van der Waals surface area contributed by atoms with Crippen molar-refractivity contribution in [3.05, 3.63) is 16.9 Å². The Bertz CT molecular complexity index is 439. The Hall–Kier alpha value is -0.620. The van der Waals surface area contributed by atoms with E-state index in [1.54, 1.807) is 6.20 Å². The molecule has 114 valence electrons. The molecular formula is C14H26ClN5. The summed E-state index contributed by atoms with van der Waals surface area (Å²) < 4.78 is 1.83. The van der Waals surface area contributed by atoms with Crippen molar-refractivity contribution in [1.82, 2.24) is 20.1 Å². The minimum absolute atomic E-state index is 0.0240. The first-order valence-electron chi connectivity index (χ1n) is 7.23. The molecule has 1 aromatic heterocycles. The van der Waals surface area contributed by atoms with Crippen molar-refractivity contribution in [2.24, 2.45) is 18.8 Å². The van der Waals surface area contributed by atoms with Crippen LogP contribution in [0.25, 0.3) is 0 Å². The summed E-state index contributed by atoms with van der Waals surface area (Å²) in [7, 11) is 6.18. The Morgan fingerprint density at radius 1 is 1.60 bits per heavy atom. The molecule has 3 N–H and O–H groups in total. The van der Waals surface area contributed by atoms with Crippen LogP contribution in [0, 0.1) is 5.92 Å². The molecule has 0 aromatic carbocycles. The number of aryl methyl sites for hydroxylation is 1. The van der Waals surface area contributed by atoms with Crippen LogP contribution in [0.2, 0.25) is 5.02 Å². The van der Waals surface area contributed by atoms with E-state index in [0.29, 0.717) is 10.9 Å². The van der Waals surface area contributed by atoms with E-state index in [0.717, 1.165) is 18.5 Å². The highest BCUT2D eigenvalue weighted by Crippen LogP contribution is 2.44. The van der Waals surface area contributed by atoms with Crippen molar-refractivity contribution in [1.29, 1.82) is 0 Å². The Morgan fingerprint density at radius 2 is 2.30 bits per heavy atom. The number of halogens is 1. The summed E-state index contributed by atoms with van der Waals surface area (Å²) in [4.78, 5) is 2.30. The molecule has 5 nitrogen and oxygen atoms in total. The fraction of sp³-hybridized carbons (Fsp3) is 0.786. The zero-order chi connectivity index (χ0) is 14.9. The van der Waals surface area contributed by atoms with Crippen LogP contribution in [0.1, 0.15) is 44.3 Å². The molecule has 0 amide bonds. The van der Waals surface area contributed by atoms with Crippen molar-refractivity contribution in [2.45, 2.75) is 44.2 Å². The van der Waals surface area contributed by atoms with Crippen LogP contribution >= 0.6 is 11.6 Å². The Kier molecular flexibility index (Phi) is 4.74. The van der Waals surface area contributed by atoms with E-state index in [1.807, 2.05) is 11.7 Å². The van der Waals surface area contributed by atoms with Crippen molar-refractivity contribution < 1.29 is 0 Å². The molecule has 0 saturated heterocycles. The van der Waals surface area contributed by atoms with Crippen molar-refractivity contribution in [3.63, 3.8) is 0 Å². The topological polar surface area (TPSA) is 59.1 Å². The molecule has 3 atom stereocenters. The van der Waals surface area contributed by atoms with Gasteiger partial charge in [0.05, 0.1) is 23.0 Å².